The molecule has 3 rings (SSSR count). The second-order valence-electron chi connectivity index (χ2n) is 5.74. The molecule has 1 aromatic heterocycles. The fourth-order valence-corrected chi connectivity index (χ4v) is 3.85. The van der Waals surface area contributed by atoms with Crippen LogP contribution >= 0.6 is 11.8 Å². The summed E-state index contributed by atoms with van der Waals surface area (Å²) in [5, 5.41) is 0.656. The molecule has 0 unspecified atom stereocenters. The normalized spacial score (nSPS) is 24.1. The smallest absolute Gasteiger partial charge is 0.267 e. The number of hydrogen-bond acceptors (Lipinski definition) is 5. The maximum atomic E-state index is 12.7. The maximum Gasteiger partial charge on any atom is 0.267 e. The van der Waals surface area contributed by atoms with Gasteiger partial charge in [-0.1, -0.05) is 11.8 Å². The molecule has 0 saturated carbocycles. The average Bonchev–Trinajstić information content (AvgIpc) is 2.96. The number of primary amides is 1. The Morgan fingerprint density at radius 2 is 2.18 bits per heavy atom. The lowest BCUT2D eigenvalue weighted by atomic mass is 9.92. The van der Waals surface area contributed by atoms with Crippen molar-refractivity contribution in [2.24, 2.45) is 11.7 Å². The first-order valence-electron chi connectivity index (χ1n) is 7.32. The van der Waals surface area contributed by atoms with Gasteiger partial charge in [-0.15, -0.1) is 0 Å². The van der Waals surface area contributed by atoms with Crippen LogP contribution in [0.2, 0.25) is 0 Å². The van der Waals surface area contributed by atoms with Crippen molar-refractivity contribution < 1.29 is 9.59 Å². The van der Waals surface area contributed by atoms with Crippen LogP contribution in [-0.2, 0) is 11.3 Å². The monoisotopic (exact) mass is 322 g/mol. The second kappa shape index (κ2) is 5.75. The highest BCUT2D eigenvalue weighted by Gasteiger charge is 2.33. The Morgan fingerprint density at radius 1 is 1.41 bits per heavy atom. The highest BCUT2D eigenvalue weighted by atomic mass is 32.2. The highest BCUT2D eigenvalue weighted by Crippen LogP contribution is 2.24. The third-order valence-electron chi connectivity index (χ3n) is 4.33. The fourth-order valence-electron chi connectivity index (χ4n) is 2.94. The minimum atomic E-state index is -0.398. The number of likely N-dealkylation sites (tertiary alicyclic amines) is 1. The molecular weight excluding hydrogens is 304 g/mol. The maximum absolute atomic E-state index is 12.7. The van der Waals surface area contributed by atoms with Gasteiger partial charge in [-0.2, -0.15) is 0 Å². The Hall–Kier alpha value is -1.83. The number of rotatable bonds is 2. The second-order valence-corrected chi connectivity index (χ2v) is 6.80. The lowest BCUT2D eigenvalue weighted by molar-refractivity contribution is -0.123. The summed E-state index contributed by atoms with van der Waals surface area (Å²) in [6.07, 6.45) is 2.74. The first-order chi connectivity index (χ1) is 10.5. The van der Waals surface area contributed by atoms with Crippen LogP contribution in [0.1, 0.15) is 30.1 Å². The minimum absolute atomic E-state index is 0.0184. The van der Waals surface area contributed by atoms with Gasteiger partial charge < -0.3 is 10.6 Å². The van der Waals surface area contributed by atoms with E-state index in [1.807, 2.05) is 6.92 Å². The van der Waals surface area contributed by atoms with E-state index in [9.17, 15) is 14.4 Å². The van der Waals surface area contributed by atoms with Gasteiger partial charge in [-0.05, 0) is 19.8 Å². The molecule has 118 valence electrons. The molecule has 7 nitrogen and oxygen atoms in total. The zero-order chi connectivity index (χ0) is 15.9. The van der Waals surface area contributed by atoms with E-state index in [1.165, 1.54) is 22.5 Å². The molecule has 8 heteroatoms. The first kappa shape index (κ1) is 15.1. The van der Waals surface area contributed by atoms with Crippen molar-refractivity contribution in [2.75, 3.05) is 12.3 Å². The molecule has 3 heterocycles. The number of thioether (sulfide) groups is 1. The predicted octanol–water partition coefficient (Wildman–Crippen LogP) is 0.0750. The van der Waals surface area contributed by atoms with Gasteiger partial charge in [0.15, 0.2) is 5.16 Å². The molecule has 0 aromatic carbocycles. The summed E-state index contributed by atoms with van der Waals surface area (Å²) >= 11 is 1.51. The number of nitrogens with two attached hydrogens (primary N) is 1. The molecule has 2 N–H and O–H groups in total. The van der Waals surface area contributed by atoms with Gasteiger partial charge >= 0.3 is 0 Å². The van der Waals surface area contributed by atoms with Crippen LogP contribution in [-0.4, -0.2) is 44.6 Å². The first-order valence-corrected chi connectivity index (χ1v) is 8.30. The van der Waals surface area contributed by atoms with Crippen molar-refractivity contribution in [1.29, 1.82) is 0 Å². The molecule has 2 aliphatic heterocycles. The van der Waals surface area contributed by atoms with Gasteiger partial charge in [0.25, 0.3) is 11.5 Å². The number of carbonyl (C=O) groups excluding carboxylic acids is 2. The number of nitrogens with zero attached hydrogens (tertiary/aromatic N) is 3. The standard InChI is InChI=1S/C14H18N4O3S/c1-8-2-3-9(11(15)19)7-18(8)13(21)10-6-16-14-17(12(10)20)4-5-22-14/h6,8-9H,2-5,7H2,1H3,(H2,15,19)/t8-,9-/m0/s1. The Kier molecular flexibility index (Phi) is 3.94. The van der Waals surface area contributed by atoms with Gasteiger partial charge in [0, 0.05) is 31.1 Å². The van der Waals surface area contributed by atoms with Crippen molar-refractivity contribution in [3.63, 3.8) is 0 Å². The fraction of sp³-hybridized carbons (Fsp3) is 0.571. The average molecular weight is 322 g/mol. The Labute approximate surface area is 131 Å². The predicted molar refractivity (Wildman–Crippen MR) is 81.6 cm³/mol. The molecule has 1 aromatic rings. The van der Waals surface area contributed by atoms with Crippen molar-refractivity contribution in [1.82, 2.24) is 14.5 Å². The van der Waals surface area contributed by atoms with Crippen LogP contribution in [0, 0.1) is 5.92 Å². The zero-order valence-corrected chi connectivity index (χ0v) is 13.1. The SMILES string of the molecule is C[C@H]1CC[C@H](C(N)=O)CN1C(=O)c1cnc2n(c1=O)CCS2. The van der Waals surface area contributed by atoms with Gasteiger partial charge in [0.1, 0.15) is 5.56 Å². The number of piperidine rings is 1. The van der Waals surface area contributed by atoms with Gasteiger partial charge in [0.05, 0.1) is 5.92 Å². The topological polar surface area (TPSA) is 98.3 Å². The number of fused-ring (bicyclic) bond motifs is 1. The third kappa shape index (κ3) is 2.51. The van der Waals surface area contributed by atoms with E-state index in [4.69, 9.17) is 5.73 Å². The summed E-state index contributed by atoms with van der Waals surface area (Å²) in [5.74, 6) is -0.307. The molecule has 2 aliphatic rings. The quantitative estimate of drug-likeness (QED) is 0.777. The van der Waals surface area contributed by atoms with Gasteiger partial charge in [-0.25, -0.2) is 4.98 Å². The van der Waals surface area contributed by atoms with E-state index in [1.54, 1.807) is 4.90 Å². The molecule has 2 atom stereocenters. The van der Waals surface area contributed by atoms with Crippen molar-refractivity contribution in [2.45, 2.75) is 37.5 Å². The van der Waals surface area contributed by atoms with E-state index < -0.39 is 5.91 Å². The summed E-state index contributed by atoms with van der Waals surface area (Å²) in [7, 11) is 0. The van der Waals surface area contributed by atoms with Crippen molar-refractivity contribution in [3.05, 3.63) is 22.1 Å². The summed E-state index contributed by atoms with van der Waals surface area (Å²) < 4.78 is 1.54. The van der Waals surface area contributed by atoms with Crippen LogP contribution in [0.25, 0.3) is 0 Å². The molecule has 2 amide bonds. The van der Waals surface area contributed by atoms with Crippen molar-refractivity contribution in [3.8, 4) is 0 Å². The lowest BCUT2D eigenvalue weighted by Crippen LogP contribution is -2.50. The largest absolute Gasteiger partial charge is 0.369 e. The van der Waals surface area contributed by atoms with Crippen LogP contribution in [0.4, 0.5) is 0 Å². The molecule has 22 heavy (non-hydrogen) atoms. The molecular formula is C14H18N4O3S. The molecule has 0 spiro atoms. The number of carbonyl (C=O) groups is 2. The van der Waals surface area contributed by atoms with E-state index in [2.05, 4.69) is 4.98 Å². The van der Waals surface area contributed by atoms with E-state index in [0.717, 1.165) is 5.75 Å². The highest BCUT2D eigenvalue weighted by molar-refractivity contribution is 7.99. The van der Waals surface area contributed by atoms with Gasteiger partial charge in [-0.3, -0.25) is 19.0 Å². The number of aromatic nitrogens is 2. The summed E-state index contributed by atoms with van der Waals surface area (Å²) in [5.41, 5.74) is 5.13. The van der Waals surface area contributed by atoms with Crippen molar-refractivity contribution >= 4 is 23.6 Å². The Morgan fingerprint density at radius 3 is 2.91 bits per heavy atom. The van der Waals surface area contributed by atoms with Gasteiger partial charge in [0.2, 0.25) is 5.91 Å². The van der Waals surface area contributed by atoms with E-state index >= 15 is 0 Å². The minimum Gasteiger partial charge on any atom is -0.369 e. The molecule has 1 saturated heterocycles. The molecule has 1 fully saturated rings. The van der Waals surface area contributed by atoms with Crippen LogP contribution < -0.4 is 11.3 Å². The summed E-state index contributed by atoms with van der Waals surface area (Å²) in [6.45, 7) is 2.76. The molecule has 0 bridgehead atoms. The summed E-state index contributed by atoms with van der Waals surface area (Å²) in [6, 6.07) is -0.0184. The van der Waals surface area contributed by atoms with Crippen LogP contribution in [0.15, 0.2) is 16.1 Å². The Bertz CT molecular complexity index is 687. The number of amides is 2. The Balaban J connectivity index is 1.90. The van der Waals surface area contributed by atoms with Crippen LogP contribution in [0.3, 0.4) is 0 Å². The molecule has 0 radical (unpaired) electrons. The van der Waals surface area contributed by atoms with E-state index in [0.29, 0.717) is 24.5 Å². The van der Waals surface area contributed by atoms with Crippen LogP contribution in [0.5, 0.6) is 0 Å². The lowest BCUT2D eigenvalue weighted by Gasteiger charge is -2.36. The molecule has 0 aliphatic carbocycles. The summed E-state index contributed by atoms with van der Waals surface area (Å²) in [4.78, 5) is 42.3. The van der Waals surface area contributed by atoms with E-state index in [-0.39, 0.29) is 35.5 Å². The zero-order valence-electron chi connectivity index (χ0n) is 12.3. The number of hydrogen-bond donors (Lipinski definition) is 1. The third-order valence-corrected chi connectivity index (χ3v) is 5.30.